The van der Waals surface area contributed by atoms with Crippen LogP contribution in [0.25, 0.3) is 0 Å². The van der Waals surface area contributed by atoms with Crippen LogP contribution >= 0.6 is 0 Å². The second-order valence-electron chi connectivity index (χ2n) is 3.04. The van der Waals surface area contributed by atoms with Gasteiger partial charge in [0.05, 0.1) is 7.11 Å². The van der Waals surface area contributed by atoms with Gasteiger partial charge in [0.2, 0.25) is 0 Å². The van der Waals surface area contributed by atoms with E-state index in [4.69, 9.17) is 0 Å². The molecule has 0 aromatic rings. The lowest BCUT2D eigenvalue weighted by Gasteiger charge is -2.38. The van der Waals surface area contributed by atoms with Gasteiger partial charge in [0.25, 0.3) is 0 Å². The lowest BCUT2D eigenvalue weighted by atomic mass is 9.72. The maximum absolute atomic E-state index is 10.8. The number of hydrogen-bond acceptors (Lipinski definition) is 3. The minimum Gasteiger partial charge on any atom is -0.467 e. The molecule has 0 amide bonds. The van der Waals surface area contributed by atoms with Crippen LogP contribution in [0, 0.1) is 5.92 Å². The van der Waals surface area contributed by atoms with E-state index >= 15 is 0 Å². The molecule has 0 unspecified atom stereocenters. The third-order valence-electron chi connectivity index (χ3n) is 1.94. The van der Waals surface area contributed by atoms with Crippen LogP contribution in [-0.2, 0) is 9.53 Å². The molecule has 1 fully saturated rings. The van der Waals surface area contributed by atoms with Gasteiger partial charge in [0.1, 0.15) is 0 Å². The Morgan fingerprint density at radius 1 is 1.70 bits per heavy atom. The Morgan fingerprint density at radius 3 is 2.50 bits per heavy atom. The highest BCUT2D eigenvalue weighted by molar-refractivity contribution is 5.80. The maximum Gasteiger partial charge on any atom is 0.337 e. The molecule has 3 heteroatoms. The van der Waals surface area contributed by atoms with Gasteiger partial charge in [0, 0.05) is 0 Å². The predicted molar refractivity (Wildman–Crippen MR) is 35.4 cm³/mol. The summed E-state index contributed by atoms with van der Waals surface area (Å²) in [5, 5.41) is 9.37. The number of carbonyl (C=O) groups excluding carboxylic acids is 1. The van der Waals surface area contributed by atoms with Crippen molar-refractivity contribution in [2.75, 3.05) is 7.11 Å². The van der Waals surface area contributed by atoms with E-state index in [9.17, 15) is 9.90 Å². The van der Waals surface area contributed by atoms with Crippen molar-refractivity contribution < 1.29 is 14.6 Å². The molecule has 0 saturated heterocycles. The highest BCUT2D eigenvalue weighted by Crippen LogP contribution is 2.37. The molecule has 1 N–H and O–H groups in total. The van der Waals surface area contributed by atoms with Gasteiger partial charge in [-0.1, -0.05) is 6.92 Å². The zero-order chi connectivity index (χ0) is 7.78. The standard InChI is InChI=1S/C7H12O3/c1-5-3-7(9,4-5)6(8)10-2/h5,9H,3-4H2,1-2H3. The minimum atomic E-state index is -1.16. The second kappa shape index (κ2) is 2.23. The van der Waals surface area contributed by atoms with Crippen molar-refractivity contribution in [1.82, 2.24) is 0 Å². The molecular formula is C7H12O3. The Labute approximate surface area is 60.0 Å². The van der Waals surface area contributed by atoms with E-state index in [1.54, 1.807) is 0 Å². The van der Waals surface area contributed by atoms with Crippen molar-refractivity contribution in [3.8, 4) is 0 Å². The molecule has 58 valence electrons. The molecule has 1 aliphatic carbocycles. The average Bonchev–Trinajstić information content (AvgIpc) is 1.83. The number of methoxy groups -OCH3 is 1. The van der Waals surface area contributed by atoms with Gasteiger partial charge >= 0.3 is 5.97 Å². The van der Waals surface area contributed by atoms with Crippen molar-refractivity contribution in [2.45, 2.75) is 25.4 Å². The largest absolute Gasteiger partial charge is 0.467 e. The van der Waals surface area contributed by atoms with Crippen molar-refractivity contribution >= 4 is 5.97 Å². The zero-order valence-corrected chi connectivity index (χ0v) is 6.26. The summed E-state index contributed by atoms with van der Waals surface area (Å²) in [7, 11) is 1.29. The Bertz CT molecular complexity index is 147. The molecule has 0 aliphatic heterocycles. The first-order valence-electron chi connectivity index (χ1n) is 3.39. The first-order valence-corrected chi connectivity index (χ1v) is 3.39. The Balaban J connectivity index is 2.48. The highest BCUT2D eigenvalue weighted by Gasteiger charge is 2.47. The Morgan fingerprint density at radius 2 is 2.20 bits per heavy atom. The molecule has 3 nitrogen and oxygen atoms in total. The fourth-order valence-corrected chi connectivity index (χ4v) is 1.45. The van der Waals surface area contributed by atoms with Crippen molar-refractivity contribution in [2.24, 2.45) is 5.92 Å². The molecule has 0 spiro atoms. The van der Waals surface area contributed by atoms with E-state index in [1.165, 1.54) is 7.11 Å². The Hall–Kier alpha value is -0.570. The fourth-order valence-electron chi connectivity index (χ4n) is 1.45. The smallest absolute Gasteiger partial charge is 0.337 e. The molecule has 0 aromatic carbocycles. The third-order valence-corrected chi connectivity index (χ3v) is 1.94. The van der Waals surface area contributed by atoms with E-state index < -0.39 is 11.6 Å². The van der Waals surface area contributed by atoms with E-state index in [0.717, 1.165) is 0 Å². The number of rotatable bonds is 1. The van der Waals surface area contributed by atoms with Crippen molar-refractivity contribution in [3.63, 3.8) is 0 Å². The number of aliphatic hydroxyl groups is 1. The monoisotopic (exact) mass is 144 g/mol. The molecule has 0 radical (unpaired) electrons. The van der Waals surface area contributed by atoms with E-state index in [1.807, 2.05) is 6.92 Å². The summed E-state index contributed by atoms with van der Waals surface area (Å²) in [5.41, 5.74) is -1.16. The van der Waals surface area contributed by atoms with Gasteiger partial charge in [-0.15, -0.1) is 0 Å². The van der Waals surface area contributed by atoms with Crippen LogP contribution in [0.2, 0.25) is 0 Å². The molecule has 0 heterocycles. The van der Waals surface area contributed by atoms with Crippen LogP contribution in [0.3, 0.4) is 0 Å². The molecule has 10 heavy (non-hydrogen) atoms. The van der Waals surface area contributed by atoms with Crippen LogP contribution < -0.4 is 0 Å². The summed E-state index contributed by atoms with van der Waals surface area (Å²) in [4.78, 5) is 10.8. The highest BCUT2D eigenvalue weighted by atomic mass is 16.5. The van der Waals surface area contributed by atoms with Crippen LogP contribution in [-0.4, -0.2) is 23.8 Å². The van der Waals surface area contributed by atoms with Crippen LogP contribution in [0.15, 0.2) is 0 Å². The van der Waals surface area contributed by atoms with Crippen molar-refractivity contribution in [3.05, 3.63) is 0 Å². The van der Waals surface area contributed by atoms with Crippen molar-refractivity contribution in [1.29, 1.82) is 0 Å². The zero-order valence-electron chi connectivity index (χ0n) is 6.26. The summed E-state index contributed by atoms with van der Waals surface area (Å²) in [6.45, 7) is 2.00. The normalized spacial score (nSPS) is 38.5. The summed E-state index contributed by atoms with van der Waals surface area (Å²) in [6.07, 6.45) is 1.08. The topological polar surface area (TPSA) is 46.5 Å². The van der Waals surface area contributed by atoms with Crippen LogP contribution in [0.1, 0.15) is 19.8 Å². The number of hydrogen-bond donors (Lipinski definition) is 1. The average molecular weight is 144 g/mol. The van der Waals surface area contributed by atoms with Gasteiger partial charge in [-0.3, -0.25) is 0 Å². The molecule has 1 rings (SSSR count). The van der Waals surface area contributed by atoms with Crippen LogP contribution in [0.4, 0.5) is 0 Å². The van der Waals surface area contributed by atoms with Gasteiger partial charge in [0.15, 0.2) is 5.60 Å². The molecule has 0 aromatic heterocycles. The maximum atomic E-state index is 10.8. The van der Waals surface area contributed by atoms with E-state index in [-0.39, 0.29) is 0 Å². The molecule has 0 bridgehead atoms. The first kappa shape index (κ1) is 7.54. The Kier molecular flexibility index (Phi) is 1.68. The minimum absolute atomic E-state index is 0.448. The summed E-state index contributed by atoms with van der Waals surface area (Å²) < 4.78 is 4.42. The number of esters is 1. The summed E-state index contributed by atoms with van der Waals surface area (Å²) >= 11 is 0. The van der Waals surface area contributed by atoms with Gasteiger partial charge in [-0.2, -0.15) is 0 Å². The molecule has 1 aliphatic rings. The van der Waals surface area contributed by atoms with E-state index in [2.05, 4.69) is 4.74 Å². The summed E-state index contributed by atoms with van der Waals surface area (Å²) in [6, 6.07) is 0. The first-order chi connectivity index (χ1) is 4.58. The van der Waals surface area contributed by atoms with Gasteiger partial charge in [-0.25, -0.2) is 4.79 Å². The third kappa shape index (κ3) is 1.01. The second-order valence-corrected chi connectivity index (χ2v) is 3.04. The lowest BCUT2D eigenvalue weighted by Crippen LogP contribution is -2.50. The summed E-state index contributed by atoms with van der Waals surface area (Å²) in [5.74, 6) is -0.0466. The SMILES string of the molecule is COC(=O)C1(O)CC(C)C1. The van der Waals surface area contributed by atoms with Crippen LogP contribution in [0.5, 0.6) is 0 Å². The molecule has 1 saturated carbocycles. The quantitative estimate of drug-likeness (QED) is 0.539. The van der Waals surface area contributed by atoms with E-state index in [0.29, 0.717) is 18.8 Å². The molecular weight excluding hydrogens is 132 g/mol. The van der Waals surface area contributed by atoms with Gasteiger partial charge in [-0.05, 0) is 18.8 Å². The predicted octanol–water partition coefficient (Wildman–Crippen LogP) is 0.320. The number of carbonyl (C=O) groups is 1. The van der Waals surface area contributed by atoms with Gasteiger partial charge < -0.3 is 9.84 Å². The fraction of sp³-hybridized carbons (Fsp3) is 0.857. The number of ether oxygens (including phenoxy) is 1. The molecule has 0 atom stereocenters. The lowest BCUT2D eigenvalue weighted by molar-refractivity contribution is -0.176.